The molecule has 0 N–H and O–H groups in total. The average molecular weight is 556 g/mol. The van der Waals surface area contributed by atoms with Crippen molar-refractivity contribution in [1.29, 1.82) is 0 Å². The molecule has 0 saturated heterocycles. The number of aliphatic imine (C=N–C) groups is 1. The maximum Gasteiger partial charge on any atom is 0.239 e. The van der Waals surface area contributed by atoms with E-state index in [1.54, 1.807) is 24.4 Å². The Morgan fingerprint density at radius 3 is 2.37 bits per heavy atom. The Bertz CT molecular complexity index is 1800. The van der Waals surface area contributed by atoms with Crippen LogP contribution in [0.4, 0.5) is 10.2 Å². The lowest BCUT2D eigenvalue weighted by molar-refractivity contribution is -0.213. The minimum absolute atomic E-state index is 0.0437. The molecule has 208 valence electrons. The van der Waals surface area contributed by atoms with Crippen molar-refractivity contribution >= 4 is 22.6 Å². The Labute approximate surface area is 233 Å². The van der Waals surface area contributed by atoms with Gasteiger partial charge in [-0.05, 0) is 49.7 Å². The van der Waals surface area contributed by atoms with E-state index >= 15 is 0 Å². The molecule has 5 rings (SSSR count). The molecule has 3 aromatic heterocycles. The van der Waals surface area contributed by atoms with E-state index in [9.17, 15) is 14.3 Å². The van der Waals surface area contributed by atoms with Gasteiger partial charge < -0.3 is 19.3 Å². The topological polar surface area (TPSA) is 137 Å². The van der Waals surface area contributed by atoms with Crippen LogP contribution in [0, 0.1) is 5.82 Å². The third-order valence-electron chi connectivity index (χ3n) is 6.09. The molecule has 0 aliphatic rings. The number of halogens is 1. The van der Waals surface area contributed by atoms with E-state index in [4.69, 9.17) is 14.2 Å². The number of fused-ring (bicyclic) bond motifs is 1. The molecule has 3 heterocycles. The first-order valence-corrected chi connectivity index (χ1v) is 12.4. The van der Waals surface area contributed by atoms with Crippen molar-refractivity contribution in [1.82, 2.24) is 25.0 Å². The fraction of sp³-hybridized carbons (Fsp3) is 0.172. The van der Waals surface area contributed by atoms with Crippen molar-refractivity contribution < 1.29 is 23.7 Å². The molecule has 0 aliphatic carbocycles. The van der Waals surface area contributed by atoms with Crippen LogP contribution in [0.5, 0.6) is 23.1 Å². The highest BCUT2D eigenvalue weighted by molar-refractivity contribution is 5.91. The van der Waals surface area contributed by atoms with E-state index in [2.05, 4.69) is 25.3 Å². The van der Waals surface area contributed by atoms with Gasteiger partial charge in [-0.1, -0.05) is 12.1 Å². The van der Waals surface area contributed by atoms with Gasteiger partial charge in [-0.15, -0.1) is 10.2 Å². The minimum Gasteiger partial charge on any atom is -0.857 e. The zero-order valence-corrected chi connectivity index (χ0v) is 22.5. The third kappa shape index (κ3) is 5.66. The highest BCUT2D eigenvalue weighted by atomic mass is 19.1. The normalized spacial score (nSPS) is 11.6. The van der Waals surface area contributed by atoms with Gasteiger partial charge in [0.1, 0.15) is 17.3 Å². The highest BCUT2D eigenvalue weighted by Crippen LogP contribution is 2.36. The molecule has 0 amide bonds. The number of methoxy groups -OCH3 is 2. The van der Waals surface area contributed by atoms with E-state index < -0.39 is 22.8 Å². The second-order valence-electron chi connectivity index (χ2n) is 9.08. The van der Waals surface area contributed by atoms with Crippen molar-refractivity contribution in [3.05, 3.63) is 88.7 Å². The van der Waals surface area contributed by atoms with Gasteiger partial charge in [0.25, 0.3) is 0 Å². The molecule has 2 aromatic carbocycles. The number of benzene rings is 2. The van der Waals surface area contributed by atoms with Gasteiger partial charge in [0.2, 0.25) is 11.3 Å². The summed E-state index contributed by atoms with van der Waals surface area (Å²) in [6.45, 7) is 3.69. The Kier molecular flexibility index (Phi) is 7.55. The standard InChI is InChI=1S/C29H25FN6O5/c1-16(2)36-15-20(17-5-7-18(30)8-6-17)28(37)27(35-36)29(38)32-25-9-10-26(34-33-25)41-22-11-12-31-21-14-24(40-4)23(39-3)13-19(21)22/h5-16H,1-4H3,(H,32,33,38)/p-1. The van der Waals surface area contributed by atoms with Gasteiger partial charge in [0.15, 0.2) is 17.3 Å². The lowest BCUT2D eigenvalue weighted by atomic mass is 10.1. The Hall–Kier alpha value is -5.39. The molecule has 12 heteroatoms. The molecule has 0 saturated carbocycles. The number of hydrogen-bond donors (Lipinski definition) is 0. The molecule has 41 heavy (non-hydrogen) atoms. The van der Waals surface area contributed by atoms with Crippen LogP contribution in [-0.2, 0) is 0 Å². The summed E-state index contributed by atoms with van der Waals surface area (Å²) in [7, 11) is 3.07. The summed E-state index contributed by atoms with van der Waals surface area (Å²) >= 11 is 0. The lowest BCUT2D eigenvalue weighted by Crippen LogP contribution is -2.31. The minimum atomic E-state index is -0.891. The van der Waals surface area contributed by atoms with Crippen molar-refractivity contribution in [2.75, 3.05) is 14.2 Å². The van der Waals surface area contributed by atoms with Gasteiger partial charge >= 0.3 is 0 Å². The van der Waals surface area contributed by atoms with Crippen LogP contribution in [0.15, 0.2) is 76.8 Å². The van der Waals surface area contributed by atoms with Crippen LogP contribution in [0.3, 0.4) is 0 Å². The summed E-state index contributed by atoms with van der Waals surface area (Å²) in [5.74, 6) is 0.235. The fourth-order valence-electron chi connectivity index (χ4n) is 3.98. The van der Waals surface area contributed by atoms with Crippen molar-refractivity contribution in [3.63, 3.8) is 0 Å². The highest BCUT2D eigenvalue weighted by Gasteiger charge is 2.15. The van der Waals surface area contributed by atoms with E-state index in [1.165, 1.54) is 61.5 Å². The smallest absolute Gasteiger partial charge is 0.239 e. The summed E-state index contributed by atoms with van der Waals surface area (Å²) < 4.78 is 31.5. The predicted octanol–water partition coefficient (Wildman–Crippen LogP) is 4.22. The summed E-state index contributed by atoms with van der Waals surface area (Å²) in [4.78, 5) is 21.5. The zero-order chi connectivity index (χ0) is 29.1. The first kappa shape index (κ1) is 27.2. The van der Waals surface area contributed by atoms with Gasteiger partial charge in [0, 0.05) is 47.4 Å². The van der Waals surface area contributed by atoms with Crippen LogP contribution < -0.4 is 24.7 Å². The van der Waals surface area contributed by atoms with Crippen LogP contribution in [0.2, 0.25) is 0 Å². The third-order valence-corrected chi connectivity index (χ3v) is 6.09. The first-order chi connectivity index (χ1) is 19.8. The largest absolute Gasteiger partial charge is 0.857 e. The van der Waals surface area contributed by atoms with Gasteiger partial charge in [-0.2, -0.15) is 5.10 Å². The molecule has 0 unspecified atom stereocenters. The van der Waals surface area contributed by atoms with Crippen molar-refractivity contribution in [2.45, 2.75) is 19.9 Å². The second kappa shape index (κ2) is 11.4. The van der Waals surface area contributed by atoms with Gasteiger partial charge in [0.05, 0.1) is 19.7 Å². The monoisotopic (exact) mass is 555 g/mol. The molecular weight excluding hydrogens is 531 g/mol. The molecule has 0 radical (unpaired) electrons. The summed E-state index contributed by atoms with van der Waals surface area (Å²) in [6.07, 6.45) is 3.10. The molecule has 0 atom stereocenters. The number of hydrogen-bond acceptors (Lipinski definition) is 10. The Morgan fingerprint density at radius 2 is 1.71 bits per heavy atom. The zero-order valence-electron chi connectivity index (χ0n) is 22.5. The number of rotatable bonds is 8. The van der Waals surface area contributed by atoms with Crippen molar-refractivity contribution in [2.24, 2.45) is 4.99 Å². The van der Waals surface area contributed by atoms with E-state index in [-0.39, 0.29) is 23.3 Å². The number of nitrogens with zero attached hydrogens (tertiary/aromatic N) is 6. The number of ether oxygens (including phenoxy) is 3. The average Bonchev–Trinajstić information content (AvgIpc) is 2.98. The van der Waals surface area contributed by atoms with Gasteiger partial charge in [-0.3, -0.25) is 14.5 Å². The number of pyridine rings is 1. The van der Waals surface area contributed by atoms with E-state index in [1.807, 2.05) is 13.8 Å². The fourth-order valence-corrected chi connectivity index (χ4v) is 3.98. The van der Waals surface area contributed by atoms with Crippen LogP contribution in [0.25, 0.3) is 22.0 Å². The molecule has 0 fully saturated rings. The molecular formula is C29H24FN6O5-. The molecule has 0 spiro atoms. The van der Waals surface area contributed by atoms with E-state index in [0.717, 1.165) is 0 Å². The van der Waals surface area contributed by atoms with Crippen LogP contribution in [-0.4, -0.2) is 45.1 Å². The molecule has 5 aromatic rings. The quantitative estimate of drug-likeness (QED) is 0.204. The lowest BCUT2D eigenvalue weighted by Gasteiger charge is -2.16. The summed E-state index contributed by atoms with van der Waals surface area (Å²) in [5, 5.41) is 25.9. The van der Waals surface area contributed by atoms with Crippen molar-refractivity contribution in [3.8, 4) is 34.3 Å². The SMILES string of the molecule is COc1cc2nccc(Oc3ccc(N=C([O-])c4nn(C(C)C)cc(-c5ccc(F)cc5)c4=O)nn3)c2cc1OC. The van der Waals surface area contributed by atoms with Crippen LogP contribution in [0.1, 0.15) is 25.6 Å². The Balaban J connectivity index is 1.45. The van der Waals surface area contributed by atoms with Crippen LogP contribution >= 0.6 is 0 Å². The molecule has 0 bridgehead atoms. The summed E-state index contributed by atoms with van der Waals surface area (Å²) in [6, 6.07) is 13.3. The van der Waals surface area contributed by atoms with E-state index in [0.29, 0.717) is 33.7 Å². The molecule has 11 nitrogen and oxygen atoms in total. The summed E-state index contributed by atoms with van der Waals surface area (Å²) in [5.41, 5.74) is 0.235. The number of aromatic nitrogens is 5. The Morgan fingerprint density at radius 1 is 0.976 bits per heavy atom. The van der Waals surface area contributed by atoms with Gasteiger partial charge in [-0.25, -0.2) is 9.38 Å². The molecule has 0 aliphatic heterocycles. The first-order valence-electron chi connectivity index (χ1n) is 12.4. The maximum atomic E-state index is 13.4. The predicted molar refractivity (Wildman–Crippen MR) is 147 cm³/mol. The maximum absolute atomic E-state index is 13.4. The second-order valence-corrected chi connectivity index (χ2v) is 9.08.